The number of hydrogen-bond acceptors (Lipinski definition) is 7. The topological polar surface area (TPSA) is 129 Å². The van der Waals surface area contributed by atoms with Gasteiger partial charge >= 0.3 is 5.97 Å². The van der Waals surface area contributed by atoms with Gasteiger partial charge in [0.15, 0.2) is 0 Å². The average Bonchev–Trinajstić information content (AvgIpc) is 2.80. The van der Waals surface area contributed by atoms with E-state index in [1.54, 1.807) is 25.3 Å². The zero-order valence-electron chi connectivity index (χ0n) is 18.0. The maximum Gasteiger partial charge on any atom is 0.326 e. The Morgan fingerprint density at radius 1 is 1.12 bits per heavy atom. The van der Waals surface area contributed by atoms with Gasteiger partial charge in [0.25, 0.3) is 16.8 Å². The van der Waals surface area contributed by atoms with Gasteiger partial charge in [0.1, 0.15) is 17.4 Å². The van der Waals surface area contributed by atoms with Crippen molar-refractivity contribution in [3.8, 4) is 0 Å². The SMILES string of the molecule is C=CCN(C)c1c(N[C@@H](Cc2ccc(C(=O)Nc3c(Cl)cncc3Cl)cc2)C(=O)O)c(=O)c1=O. The number of hydrogen-bond donors (Lipinski definition) is 3. The molecular formula is C23H20Cl2N4O5. The minimum absolute atomic E-state index is 0.00265. The van der Waals surface area contributed by atoms with E-state index >= 15 is 0 Å². The molecule has 0 unspecified atom stereocenters. The summed E-state index contributed by atoms with van der Waals surface area (Å²) in [6, 6.07) is 5.05. The lowest BCUT2D eigenvalue weighted by molar-refractivity contribution is -0.137. The monoisotopic (exact) mass is 502 g/mol. The summed E-state index contributed by atoms with van der Waals surface area (Å²) >= 11 is 12.0. The minimum atomic E-state index is -1.20. The van der Waals surface area contributed by atoms with Crippen molar-refractivity contribution in [3.05, 3.63) is 90.9 Å². The van der Waals surface area contributed by atoms with Crippen LogP contribution in [0.25, 0.3) is 0 Å². The third-order valence-electron chi connectivity index (χ3n) is 5.03. The third-order valence-corrected chi connectivity index (χ3v) is 5.61. The van der Waals surface area contributed by atoms with Crippen LogP contribution in [0.5, 0.6) is 0 Å². The molecule has 34 heavy (non-hydrogen) atoms. The van der Waals surface area contributed by atoms with Crippen molar-refractivity contribution in [2.75, 3.05) is 29.1 Å². The van der Waals surface area contributed by atoms with E-state index in [-0.39, 0.29) is 33.5 Å². The molecule has 0 saturated heterocycles. The average molecular weight is 503 g/mol. The van der Waals surface area contributed by atoms with Crippen molar-refractivity contribution in [2.24, 2.45) is 0 Å². The van der Waals surface area contributed by atoms with Gasteiger partial charge in [-0.05, 0) is 17.7 Å². The fourth-order valence-corrected chi connectivity index (χ4v) is 3.74. The van der Waals surface area contributed by atoms with Gasteiger partial charge in [-0.2, -0.15) is 0 Å². The summed E-state index contributed by atoms with van der Waals surface area (Å²) in [5, 5.41) is 15.3. The van der Waals surface area contributed by atoms with Gasteiger partial charge < -0.3 is 20.6 Å². The molecule has 0 bridgehead atoms. The normalized spacial score (nSPS) is 11.6. The number of rotatable bonds is 10. The smallest absolute Gasteiger partial charge is 0.326 e. The fourth-order valence-electron chi connectivity index (χ4n) is 3.28. The number of carbonyl (C=O) groups excluding carboxylic acids is 1. The molecule has 0 aliphatic rings. The number of carbonyl (C=O) groups is 2. The Bertz CT molecular complexity index is 1300. The van der Waals surface area contributed by atoms with E-state index < -0.39 is 28.8 Å². The van der Waals surface area contributed by atoms with Gasteiger partial charge in [-0.15, -0.1) is 6.58 Å². The number of likely N-dealkylation sites (N-methyl/N-ethyl adjacent to an activating group) is 1. The lowest BCUT2D eigenvalue weighted by atomic mass is 10.0. The molecule has 3 N–H and O–H groups in total. The van der Waals surface area contributed by atoms with Crippen LogP contribution in [0.3, 0.4) is 0 Å². The van der Waals surface area contributed by atoms with Gasteiger partial charge in [-0.3, -0.25) is 19.4 Å². The largest absolute Gasteiger partial charge is 0.480 e. The number of nitrogens with zero attached hydrogens (tertiary/aromatic N) is 2. The van der Waals surface area contributed by atoms with E-state index in [4.69, 9.17) is 23.2 Å². The summed E-state index contributed by atoms with van der Waals surface area (Å²) in [4.78, 5) is 53.6. The van der Waals surface area contributed by atoms with Crippen molar-refractivity contribution >= 4 is 52.1 Å². The van der Waals surface area contributed by atoms with Crippen LogP contribution in [0.4, 0.5) is 17.1 Å². The number of nitrogens with one attached hydrogen (secondary N) is 2. The number of aliphatic carboxylic acids is 1. The highest BCUT2D eigenvalue weighted by Crippen LogP contribution is 2.29. The van der Waals surface area contributed by atoms with Gasteiger partial charge in [-0.1, -0.05) is 41.4 Å². The van der Waals surface area contributed by atoms with E-state index in [0.29, 0.717) is 17.7 Å². The van der Waals surface area contributed by atoms with Crippen molar-refractivity contribution in [2.45, 2.75) is 12.5 Å². The number of amides is 1. The summed E-state index contributed by atoms with van der Waals surface area (Å²) in [6.45, 7) is 3.90. The second-order valence-corrected chi connectivity index (χ2v) is 8.23. The van der Waals surface area contributed by atoms with Gasteiger partial charge in [0, 0.05) is 38.0 Å². The Hall–Kier alpha value is -3.69. The molecule has 3 rings (SSSR count). The number of carboxylic acids is 1. The number of benzene rings is 1. The number of halogens is 2. The predicted molar refractivity (Wildman–Crippen MR) is 132 cm³/mol. The first-order valence-electron chi connectivity index (χ1n) is 9.98. The predicted octanol–water partition coefficient (Wildman–Crippen LogP) is 2.97. The highest BCUT2D eigenvalue weighted by Gasteiger charge is 2.28. The Labute approximate surface area is 204 Å². The second kappa shape index (κ2) is 10.5. The van der Waals surface area contributed by atoms with E-state index in [1.807, 2.05) is 0 Å². The molecular weight excluding hydrogens is 483 g/mol. The van der Waals surface area contributed by atoms with Crippen molar-refractivity contribution < 1.29 is 14.7 Å². The number of carboxylic acid groups (broad SMARTS) is 1. The van der Waals surface area contributed by atoms with Crippen LogP contribution in [0.2, 0.25) is 10.0 Å². The molecule has 9 nitrogen and oxygen atoms in total. The molecule has 0 aliphatic carbocycles. The lowest BCUT2D eigenvalue weighted by Crippen LogP contribution is -2.44. The molecule has 176 valence electrons. The summed E-state index contributed by atoms with van der Waals surface area (Å²) < 4.78 is 0. The summed E-state index contributed by atoms with van der Waals surface area (Å²) in [6.07, 6.45) is 4.26. The summed E-state index contributed by atoms with van der Waals surface area (Å²) in [7, 11) is 1.61. The summed E-state index contributed by atoms with van der Waals surface area (Å²) in [5.41, 5.74) is -0.244. The number of pyridine rings is 1. The third kappa shape index (κ3) is 5.27. The quantitative estimate of drug-likeness (QED) is 0.285. The first-order chi connectivity index (χ1) is 16.1. The van der Waals surface area contributed by atoms with E-state index in [9.17, 15) is 24.3 Å². The highest BCUT2D eigenvalue weighted by molar-refractivity contribution is 6.39. The molecule has 1 amide bonds. The number of anilines is 3. The Morgan fingerprint density at radius 2 is 1.74 bits per heavy atom. The second-order valence-electron chi connectivity index (χ2n) is 7.42. The standard InChI is InChI=1S/C23H20Cl2N4O5/c1-3-8-29(2)19-18(20(30)21(19)31)27-16(23(33)34)9-12-4-6-13(7-5-12)22(32)28-17-14(24)10-26-11-15(17)25/h3-7,10-11,16,27H,1,8-9H2,2H3,(H,33,34)(H,26,28,32)/t16-/m0/s1. The molecule has 3 aromatic rings. The molecule has 1 heterocycles. The van der Waals surface area contributed by atoms with E-state index in [1.165, 1.54) is 29.4 Å². The molecule has 11 heteroatoms. The van der Waals surface area contributed by atoms with E-state index in [2.05, 4.69) is 22.2 Å². The van der Waals surface area contributed by atoms with Crippen molar-refractivity contribution in [3.63, 3.8) is 0 Å². The van der Waals surface area contributed by atoms with Crippen LogP contribution in [0, 0.1) is 0 Å². The Kier molecular flexibility index (Phi) is 7.70. The lowest BCUT2D eigenvalue weighted by Gasteiger charge is -2.24. The fraction of sp³-hybridized carbons (Fsp3) is 0.174. The van der Waals surface area contributed by atoms with Crippen LogP contribution in [0.15, 0.2) is 58.9 Å². The van der Waals surface area contributed by atoms with Gasteiger partial charge in [0.05, 0.1) is 15.7 Å². The molecule has 0 spiro atoms. The first kappa shape index (κ1) is 24.9. The molecule has 0 radical (unpaired) electrons. The molecule has 0 fully saturated rings. The zero-order valence-corrected chi connectivity index (χ0v) is 19.5. The van der Waals surface area contributed by atoms with Crippen molar-refractivity contribution in [1.82, 2.24) is 4.98 Å². The van der Waals surface area contributed by atoms with Crippen LogP contribution < -0.4 is 26.4 Å². The maximum absolute atomic E-state index is 12.5. The van der Waals surface area contributed by atoms with Gasteiger partial charge in [-0.25, -0.2) is 4.79 Å². The van der Waals surface area contributed by atoms with Crippen LogP contribution in [-0.4, -0.2) is 41.6 Å². The van der Waals surface area contributed by atoms with Crippen LogP contribution >= 0.6 is 23.2 Å². The highest BCUT2D eigenvalue weighted by atomic mass is 35.5. The van der Waals surface area contributed by atoms with Crippen molar-refractivity contribution in [1.29, 1.82) is 0 Å². The molecule has 0 aliphatic heterocycles. The maximum atomic E-state index is 12.5. The zero-order chi connectivity index (χ0) is 25.0. The van der Waals surface area contributed by atoms with Crippen LogP contribution in [0.1, 0.15) is 15.9 Å². The van der Waals surface area contributed by atoms with Gasteiger partial charge in [0.2, 0.25) is 0 Å². The number of aromatic nitrogens is 1. The summed E-state index contributed by atoms with van der Waals surface area (Å²) in [5.74, 6) is -1.66. The Morgan fingerprint density at radius 3 is 2.29 bits per heavy atom. The molecule has 1 aromatic heterocycles. The molecule has 1 atom stereocenters. The van der Waals surface area contributed by atoms with E-state index in [0.717, 1.165) is 0 Å². The molecule has 0 saturated carbocycles. The van der Waals surface area contributed by atoms with Crippen LogP contribution in [-0.2, 0) is 11.2 Å². The minimum Gasteiger partial charge on any atom is -0.480 e. The molecule has 2 aromatic carbocycles. The first-order valence-corrected chi connectivity index (χ1v) is 10.7. The Balaban J connectivity index is 1.73.